The molecule has 1 aliphatic heterocycles. The topological polar surface area (TPSA) is 94.6 Å². The first-order valence-corrected chi connectivity index (χ1v) is 11.4. The highest BCUT2D eigenvalue weighted by atomic mass is 16.1. The summed E-state index contributed by atoms with van der Waals surface area (Å²) in [6.45, 7) is 12.1. The minimum absolute atomic E-state index is 0.0731. The normalized spacial score (nSPS) is 14.1. The predicted octanol–water partition coefficient (Wildman–Crippen LogP) is 3.50. The minimum atomic E-state index is -0.173. The van der Waals surface area contributed by atoms with E-state index in [1.807, 2.05) is 30.8 Å². The Morgan fingerprint density at radius 3 is 2.70 bits per heavy atom. The lowest BCUT2D eigenvalue weighted by atomic mass is 10.0. The number of fused-ring (bicyclic) bond motifs is 2. The van der Waals surface area contributed by atoms with E-state index in [0.717, 1.165) is 25.2 Å². The van der Waals surface area contributed by atoms with Gasteiger partial charge in [-0.15, -0.1) is 0 Å². The number of rotatable bonds is 4. The fourth-order valence-electron chi connectivity index (χ4n) is 4.23. The zero-order valence-corrected chi connectivity index (χ0v) is 19.8. The summed E-state index contributed by atoms with van der Waals surface area (Å²) in [6, 6.07) is 8.17. The highest BCUT2D eigenvalue weighted by molar-refractivity contribution is 5.77. The maximum Gasteiger partial charge on any atom is 0.278 e. The van der Waals surface area contributed by atoms with Crippen molar-refractivity contribution in [1.82, 2.24) is 34.4 Å². The van der Waals surface area contributed by atoms with Crippen molar-refractivity contribution in [2.75, 3.05) is 11.9 Å². The molecule has 0 spiro atoms. The van der Waals surface area contributed by atoms with Gasteiger partial charge in [0.1, 0.15) is 5.39 Å². The third-order valence-corrected chi connectivity index (χ3v) is 5.94. The summed E-state index contributed by atoms with van der Waals surface area (Å²) in [5.41, 5.74) is 3.80. The van der Waals surface area contributed by atoms with E-state index in [-0.39, 0.29) is 17.1 Å². The molecule has 1 aromatic carbocycles. The third kappa shape index (κ3) is 3.82. The standard InChI is InChI=1S/C24H30N8O/c1-15(2)31-22(33)19-14-26-23(27-18-7-6-16-8-10-25-13-17(16)12-18)28-21(19)32(31)20-9-11-30(29-20)24(3,4)5/h6-7,9,11-12,14-15,25H,8,10,13H2,1-5H3,(H,26,27,28). The number of nitrogens with zero attached hydrogens (tertiary/aromatic N) is 6. The number of anilines is 2. The fourth-order valence-corrected chi connectivity index (χ4v) is 4.23. The van der Waals surface area contributed by atoms with Crippen LogP contribution in [0.4, 0.5) is 11.6 Å². The smallest absolute Gasteiger partial charge is 0.278 e. The lowest BCUT2D eigenvalue weighted by Crippen LogP contribution is -2.26. The van der Waals surface area contributed by atoms with Crippen LogP contribution in [0.3, 0.4) is 0 Å². The highest BCUT2D eigenvalue weighted by Crippen LogP contribution is 2.23. The van der Waals surface area contributed by atoms with Crippen LogP contribution in [0.1, 0.15) is 51.8 Å². The Balaban J connectivity index is 1.61. The molecule has 0 amide bonds. The molecule has 172 valence electrons. The average Bonchev–Trinajstić information content (AvgIpc) is 3.37. The van der Waals surface area contributed by atoms with Crippen molar-refractivity contribution in [3.63, 3.8) is 0 Å². The van der Waals surface area contributed by atoms with Gasteiger partial charge in [-0.1, -0.05) is 6.07 Å². The molecule has 9 heteroatoms. The van der Waals surface area contributed by atoms with E-state index in [4.69, 9.17) is 10.1 Å². The van der Waals surface area contributed by atoms with E-state index in [0.29, 0.717) is 22.8 Å². The Kier molecular flexibility index (Phi) is 5.08. The van der Waals surface area contributed by atoms with Crippen LogP contribution >= 0.6 is 0 Å². The molecule has 0 bridgehead atoms. The lowest BCUT2D eigenvalue weighted by molar-refractivity contribution is 0.352. The van der Waals surface area contributed by atoms with Crippen LogP contribution in [0.15, 0.2) is 41.5 Å². The third-order valence-electron chi connectivity index (χ3n) is 5.94. The first kappa shape index (κ1) is 21.4. The van der Waals surface area contributed by atoms with E-state index in [1.165, 1.54) is 11.1 Å². The summed E-state index contributed by atoms with van der Waals surface area (Å²) in [5, 5.41) is 11.9. The van der Waals surface area contributed by atoms with Crippen LogP contribution in [0.2, 0.25) is 0 Å². The molecule has 0 saturated heterocycles. The molecule has 2 N–H and O–H groups in total. The minimum Gasteiger partial charge on any atom is -0.324 e. The number of benzene rings is 1. The van der Waals surface area contributed by atoms with Crippen molar-refractivity contribution < 1.29 is 0 Å². The van der Waals surface area contributed by atoms with Gasteiger partial charge in [0.2, 0.25) is 5.95 Å². The van der Waals surface area contributed by atoms with Gasteiger partial charge in [0.15, 0.2) is 11.5 Å². The Labute approximate surface area is 192 Å². The van der Waals surface area contributed by atoms with Crippen molar-refractivity contribution >= 4 is 22.7 Å². The SMILES string of the molecule is CC(C)n1c(=O)c2cnc(Nc3ccc4c(c3)CNCC4)nc2n1-c1ccn(C(C)(C)C)n1. The van der Waals surface area contributed by atoms with Crippen molar-refractivity contribution in [2.45, 2.75) is 59.2 Å². The van der Waals surface area contributed by atoms with E-state index in [2.05, 4.69) is 54.6 Å². The van der Waals surface area contributed by atoms with Crippen LogP contribution in [0.5, 0.6) is 0 Å². The summed E-state index contributed by atoms with van der Waals surface area (Å²) >= 11 is 0. The van der Waals surface area contributed by atoms with Gasteiger partial charge in [0.05, 0.1) is 5.54 Å². The van der Waals surface area contributed by atoms with Crippen molar-refractivity contribution in [1.29, 1.82) is 0 Å². The second-order valence-corrected chi connectivity index (χ2v) is 9.81. The first-order valence-electron chi connectivity index (χ1n) is 11.4. The molecule has 3 aromatic heterocycles. The predicted molar refractivity (Wildman–Crippen MR) is 129 cm³/mol. The van der Waals surface area contributed by atoms with Crippen LogP contribution in [-0.2, 0) is 18.5 Å². The molecule has 4 aromatic rings. The number of nitrogens with one attached hydrogen (secondary N) is 2. The van der Waals surface area contributed by atoms with Gasteiger partial charge in [0.25, 0.3) is 5.56 Å². The summed E-state index contributed by atoms with van der Waals surface area (Å²) in [6.07, 6.45) is 4.56. The van der Waals surface area contributed by atoms with E-state index >= 15 is 0 Å². The molecule has 0 fully saturated rings. The molecule has 9 nitrogen and oxygen atoms in total. The summed E-state index contributed by atoms with van der Waals surface area (Å²) in [4.78, 5) is 22.4. The second-order valence-electron chi connectivity index (χ2n) is 9.81. The quantitative estimate of drug-likeness (QED) is 0.498. The van der Waals surface area contributed by atoms with Gasteiger partial charge < -0.3 is 10.6 Å². The van der Waals surface area contributed by atoms with Gasteiger partial charge >= 0.3 is 0 Å². The maximum absolute atomic E-state index is 13.2. The highest BCUT2D eigenvalue weighted by Gasteiger charge is 2.22. The number of hydrogen-bond acceptors (Lipinski definition) is 6. The van der Waals surface area contributed by atoms with Crippen molar-refractivity contribution in [3.8, 4) is 5.82 Å². The molecule has 33 heavy (non-hydrogen) atoms. The molecule has 5 rings (SSSR count). The monoisotopic (exact) mass is 446 g/mol. The molecular weight excluding hydrogens is 416 g/mol. The Hall–Kier alpha value is -3.46. The number of hydrogen-bond donors (Lipinski definition) is 2. The maximum atomic E-state index is 13.2. The van der Waals surface area contributed by atoms with Crippen LogP contribution < -0.4 is 16.2 Å². The zero-order valence-electron chi connectivity index (χ0n) is 19.8. The van der Waals surface area contributed by atoms with Crippen LogP contribution in [-0.4, -0.2) is 35.7 Å². The average molecular weight is 447 g/mol. The van der Waals surface area contributed by atoms with E-state index in [1.54, 1.807) is 15.6 Å². The first-order chi connectivity index (χ1) is 15.7. The van der Waals surface area contributed by atoms with Crippen molar-refractivity contribution in [3.05, 3.63) is 58.1 Å². The molecule has 0 aliphatic carbocycles. The molecule has 0 saturated carbocycles. The largest absolute Gasteiger partial charge is 0.324 e. The molecule has 0 radical (unpaired) electrons. The Morgan fingerprint density at radius 2 is 1.97 bits per heavy atom. The van der Waals surface area contributed by atoms with Gasteiger partial charge in [-0.2, -0.15) is 10.1 Å². The Morgan fingerprint density at radius 1 is 1.15 bits per heavy atom. The lowest BCUT2D eigenvalue weighted by Gasteiger charge is -2.19. The summed E-state index contributed by atoms with van der Waals surface area (Å²) < 4.78 is 5.38. The van der Waals surface area contributed by atoms with Crippen molar-refractivity contribution in [2.24, 2.45) is 0 Å². The zero-order chi connectivity index (χ0) is 23.3. The Bertz CT molecular complexity index is 1390. The van der Waals surface area contributed by atoms with Gasteiger partial charge in [-0.25, -0.2) is 14.3 Å². The summed E-state index contributed by atoms with van der Waals surface area (Å²) in [7, 11) is 0. The van der Waals surface area contributed by atoms with Crippen LogP contribution in [0, 0.1) is 0 Å². The van der Waals surface area contributed by atoms with E-state index < -0.39 is 0 Å². The molecule has 4 heterocycles. The second kappa shape index (κ2) is 7.84. The van der Waals surface area contributed by atoms with Crippen LogP contribution in [0.25, 0.3) is 16.9 Å². The number of aromatic nitrogens is 6. The summed E-state index contributed by atoms with van der Waals surface area (Å²) in [5.74, 6) is 1.09. The van der Waals surface area contributed by atoms with E-state index in [9.17, 15) is 4.79 Å². The van der Waals surface area contributed by atoms with Gasteiger partial charge in [-0.05, 0) is 70.8 Å². The molecule has 1 aliphatic rings. The molecule has 0 atom stereocenters. The van der Waals surface area contributed by atoms with Gasteiger partial charge in [0, 0.05) is 36.7 Å². The molecular formula is C24H30N8O. The molecule has 0 unspecified atom stereocenters. The fraction of sp³-hybridized carbons (Fsp3) is 0.417. The van der Waals surface area contributed by atoms with Gasteiger partial charge in [-0.3, -0.25) is 9.48 Å².